The van der Waals surface area contributed by atoms with E-state index in [2.05, 4.69) is 20.3 Å². The first-order valence-electron chi connectivity index (χ1n) is 6.05. The first-order chi connectivity index (χ1) is 10.1. The minimum atomic E-state index is -0.586. The molecule has 1 aromatic rings. The van der Waals surface area contributed by atoms with Crippen molar-refractivity contribution in [1.29, 1.82) is 0 Å². The minimum absolute atomic E-state index is 0.228. The van der Waals surface area contributed by atoms with Crippen LogP contribution in [0.5, 0.6) is 0 Å². The maximum absolute atomic E-state index is 11.6. The summed E-state index contributed by atoms with van der Waals surface area (Å²) >= 11 is 1.04. The third-order valence-electron chi connectivity index (χ3n) is 2.53. The summed E-state index contributed by atoms with van der Waals surface area (Å²) in [6, 6.07) is 7.78. The Morgan fingerprint density at radius 1 is 1.33 bits per heavy atom. The molecule has 0 atom stereocenters. The van der Waals surface area contributed by atoms with Gasteiger partial charge in [-0.25, -0.2) is 4.79 Å². The van der Waals surface area contributed by atoms with Crippen molar-refractivity contribution in [3.63, 3.8) is 0 Å². The number of hydrogen-bond acceptors (Lipinski definition) is 6. The molecule has 2 rings (SSSR count). The topological polar surface area (TPSA) is 80.1 Å². The van der Waals surface area contributed by atoms with Crippen molar-refractivity contribution in [2.45, 2.75) is 6.92 Å². The normalized spacial score (nSPS) is 18.5. The zero-order valence-electron chi connectivity index (χ0n) is 11.5. The first kappa shape index (κ1) is 15.0. The highest BCUT2D eigenvalue weighted by atomic mass is 32.2. The van der Waals surface area contributed by atoms with Crippen molar-refractivity contribution in [3.8, 4) is 0 Å². The van der Waals surface area contributed by atoms with Gasteiger partial charge in [0.15, 0.2) is 5.17 Å². The lowest BCUT2D eigenvalue weighted by atomic mass is 10.2. The van der Waals surface area contributed by atoms with Gasteiger partial charge in [-0.3, -0.25) is 10.1 Å². The van der Waals surface area contributed by atoms with Gasteiger partial charge in [0.25, 0.3) is 5.91 Å². The molecular formula is C14H13N3O3S. The van der Waals surface area contributed by atoms with Crippen molar-refractivity contribution in [1.82, 2.24) is 5.32 Å². The van der Waals surface area contributed by atoms with Crippen LogP contribution in [0.1, 0.15) is 11.1 Å². The molecule has 0 radical (unpaired) electrons. The number of carbonyl (C=O) groups excluding carboxylic acids is 2. The molecular weight excluding hydrogens is 290 g/mol. The highest BCUT2D eigenvalue weighted by Gasteiger charge is 2.24. The fourth-order valence-electron chi connectivity index (χ4n) is 1.44. The molecule has 108 valence electrons. The van der Waals surface area contributed by atoms with Gasteiger partial charge in [-0.05, 0) is 24.2 Å². The van der Waals surface area contributed by atoms with Gasteiger partial charge in [0.05, 0.1) is 18.2 Å². The molecule has 0 aliphatic carbocycles. The number of thioether (sulfide) groups is 1. The maximum atomic E-state index is 11.6. The molecule has 1 saturated heterocycles. The van der Waals surface area contributed by atoms with E-state index in [1.807, 2.05) is 31.2 Å². The van der Waals surface area contributed by atoms with Crippen LogP contribution in [-0.4, -0.2) is 30.4 Å². The average molecular weight is 303 g/mol. The van der Waals surface area contributed by atoms with Gasteiger partial charge in [0.1, 0.15) is 0 Å². The van der Waals surface area contributed by atoms with E-state index in [1.54, 1.807) is 6.21 Å². The van der Waals surface area contributed by atoms with Crippen molar-refractivity contribution in [2.75, 3.05) is 7.11 Å². The van der Waals surface area contributed by atoms with E-state index in [0.717, 1.165) is 29.0 Å². The van der Waals surface area contributed by atoms with Crippen LogP contribution in [0.4, 0.5) is 0 Å². The van der Waals surface area contributed by atoms with E-state index >= 15 is 0 Å². The molecule has 0 bridgehead atoms. The molecule has 1 fully saturated rings. The lowest BCUT2D eigenvalue weighted by Gasteiger charge is -1.93. The summed E-state index contributed by atoms with van der Waals surface area (Å²) in [6.07, 6.45) is 2.70. The summed E-state index contributed by atoms with van der Waals surface area (Å²) in [5.41, 5.74) is 2.07. The van der Waals surface area contributed by atoms with Gasteiger partial charge in [-0.15, -0.1) is 5.10 Å². The van der Waals surface area contributed by atoms with Crippen molar-refractivity contribution < 1.29 is 14.3 Å². The van der Waals surface area contributed by atoms with Crippen LogP contribution in [0.3, 0.4) is 0 Å². The van der Waals surface area contributed by atoms with Crippen molar-refractivity contribution in [2.24, 2.45) is 10.2 Å². The number of hydrogen-bond donors (Lipinski definition) is 1. The molecule has 0 unspecified atom stereocenters. The number of methoxy groups -OCH3 is 1. The number of nitrogens with zero attached hydrogens (tertiary/aromatic N) is 2. The fraction of sp³-hybridized carbons (Fsp3) is 0.143. The summed E-state index contributed by atoms with van der Waals surface area (Å²) in [4.78, 5) is 22.9. The summed E-state index contributed by atoms with van der Waals surface area (Å²) in [5.74, 6) is -0.980. The minimum Gasteiger partial charge on any atom is -0.466 e. The first-order valence-corrected chi connectivity index (χ1v) is 6.86. The van der Waals surface area contributed by atoms with Crippen LogP contribution in [0.2, 0.25) is 0 Å². The molecule has 1 aliphatic rings. The zero-order chi connectivity index (χ0) is 15.2. The lowest BCUT2D eigenvalue weighted by molar-refractivity contribution is -0.135. The summed E-state index contributed by atoms with van der Waals surface area (Å²) < 4.78 is 4.47. The van der Waals surface area contributed by atoms with Crippen molar-refractivity contribution in [3.05, 3.63) is 46.4 Å². The Balaban J connectivity index is 2.03. The van der Waals surface area contributed by atoms with Gasteiger partial charge in [0, 0.05) is 6.08 Å². The van der Waals surface area contributed by atoms with E-state index < -0.39 is 11.9 Å². The average Bonchev–Trinajstić information content (AvgIpc) is 2.81. The number of esters is 1. The Labute approximate surface area is 126 Å². The fourth-order valence-corrected chi connectivity index (χ4v) is 2.18. The molecule has 1 amide bonds. The second kappa shape index (κ2) is 6.85. The Hall–Kier alpha value is -2.41. The number of ether oxygens (including phenoxy) is 1. The highest BCUT2D eigenvalue weighted by molar-refractivity contribution is 8.18. The number of nitrogens with one attached hydrogen (secondary N) is 1. The van der Waals surface area contributed by atoms with Gasteiger partial charge in [-0.1, -0.05) is 29.8 Å². The Bertz CT molecular complexity index is 648. The monoisotopic (exact) mass is 303 g/mol. The van der Waals surface area contributed by atoms with Gasteiger partial charge in [0.2, 0.25) is 0 Å². The van der Waals surface area contributed by atoms with Crippen molar-refractivity contribution >= 4 is 35.0 Å². The highest BCUT2D eigenvalue weighted by Crippen LogP contribution is 2.23. The molecule has 1 N–H and O–H groups in total. The van der Waals surface area contributed by atoms with E-state index in [0.29, 0.717) is 5.17 Å². The second-order valence-corrected chi connectivity index (χ2v) is 5.18. The van der Waals surface area contributed by atoms with Crippen LogP contribution in [-0.2, 0) is 14.3 Å². The van der Waals surface area contributed by atoms with Crippen LogP contribution < -0.4 is 5.32 Å². The zero-order valence-corrected chi connectivity index (χ0v) is 12.3. The number of amidine groups is 1. The van der Waals surface area contributed by atoms with Gasteiger partial charge in [-0.2, -0.15) is 5.10 Å². The van der Waals surface area contributed by atoms with Gasteiger partial charge >= 0.3 is 5.97 Å². The number of carbonyl (C=O) groups is 2. The quantitative estimate of drug-likeness (QED) is 0.398. The lowest BCUT2D eigenvalue weighted by Crippen LogP contribution is -2.19. The molecule has 0 spiro atoms. The van der Waals surface area contributed by atoms with Crippen LogP contribution in [0.25, 0.3) is 0 Å². The van der Waals surface area contributed by atoms with E-state index in [-0.39, 0.29) is 4.91 Å². The van der Waals surface area contributed by atoms with Crippen LogP contribution in [0, 0.1) is 6.92 Å². The predicted molar refractivity (Wildman–Crippen MR) is 82.0 cm³/mol. The Kier molecular flexibility index (Phi) is 4.89. The standard InChI is InChI=1S/C14H13N3O3S/c1-9-3-5-10(6-4-9)8-15-17-14-16-13(19)11(21-14)7-12(18)20-2/h3-8H,1-2H3,(H,16,17,19)/b11-7+,15-8-. The van der Waals surface area contributed by atoms with Crippen LogP contribution >= 0.6 is 11.8 Å². The smallest absolute Gasteiger partial charge is 0.331 e. The Morgan fingerprint density at radius 3 is 2.71 bits per heavy atom. The summed E-state index contributed by atoms with van der Waals surface area (Å²) in [6.45, 7) is 2.00. The number of benzene rings is 1. The molecule has 1 aromatic carbocycles. The second-order valence-electron chi connectivity index (χ2n) is 4.15. The predicted octanol–water partition coefficient (Wildman–Crippen LogP) is 1.60. The molecule has 6 nitrogen and oxygen atoms in total. The van der Waals surface area contributed by atoms with Crippen LogP contribution in [0.15, 0.2) is 45.4 Å². The third-order valence-corrected chi connectivity index (χ3v) is 3.43. The van der Waals surface area contributed by atoms with Gasteiger partial charge < -0.3 is 4.74 Å². The van der Waals surface area contributed by atoms with E-state index in [4.69, 9.17) is 0 Å². The van der Waals surface area contributed by atoms with E-state index in [9.17, 15) is 9.59 Å². The molecule has 1 aliphatic heterocycles. The number of amides is 1. The molecule has 21 heavy (non-hydrogen) atoms. The SMILES string of the molecule is COC(=O)/C=C1/SC(=N/N=C\c2ccc(C)cc2)NC1=O. The maximum Gasteiger partial charge on any atom is 0.331 e. The Morgan fingerprint density at radius 2 is 2.05 bits per heavy atom. The number of aryl methyl sites for hydroxylation is 1. The summed E-state index contributed by atoms with van der Waals surface area (Å²) in [5, 5.41) is 10.6. The molecule has 0 saturated carbocycles. The number of rotatable bonds is 3. The van der Waals surface area contributed by atoms with E-state index in [1.165, 1.54) is 7.11 Å². The summed E-state index contributed by atoms with van der Waals surface area (Å²) in [7, 11) is 1.25. The third kappa shape index (κ3) is 4.28. The molecule has 1 heterocycles. The molecule has 0 aromatic heterocycles. The largest absolute Gasteiger partial charge is 0.466 e. The molecule has 7 heteroatoms.